The molecule has 1 aromatic heterocycles. The number of nitrogens with two attached hydrogens (primary N) is 1. The van der Waals surface area contributed by atoms with Crippen molar-refractivity contribution in [1.29, 1.82) is 0 Å². The number of methoxy groups -OCH3 is 1. The van der Waals surface area contributed by atoms with Gasteiger partial charge in [-0.1, -0.05) is 34.9 Å². The summed E-state index contributed by atoms with van der Waals surface area (Å²) in [4.78, 5) is 22.6. The Bertz CT molecular complexity index is 675. The molecule has 0 unspecified atom stereocenters. The zero-order chi connectivity index (χ0) is 16.7. The third kappa shape index (κ3) is 6.08. The Balaban J connectivity index is 1.78. The molecule has 0 spiro atoms. The number of nitrogens with zero attached hydrogens (tertiary/aromatic N) is 2. The van der Waals surface area contributed by atoms with Crippen LogP contribution in [0.15, 0.2) is 32.9 Å². The molecule has 0 aliphatic heterocycles. The Morgan fingerprint density at radius 1 is 1.17 bits per heavy atom. The summed E-state index contributed by atoms with van der Waals surface area (Å²) in [6.07, 6.45) is 0. The van der Waals surface area contributed by atoms with E-state index in [0.717, 1.165) is 5.75 Å². The van der Waals surface area contributed by atoms with Crippen LogP contribution in [-0.2, 0) is 9.59 Å². The summed E-state index contributed by atoms with van der Waals surface area (Å²) in [6.45, 7) is 0. The molecule has 1 aromatic carbocycles. The molecular formula is C13H14N4O3S3. The van der Waals surface area contributed by atoms with E-state index in [0.29, 0.717) is 14.4 Å². The quantitative estimate of drug-likeness (QED) is 0.683. The van der Waals surface area contributed by atoms with Gasteiger partial charge in [-0.15, -0.1) is 10.2 Å². The molecule has 0 aliphatic carbocycles. The second-order valence-electron chi connectivity index (χ2n) is 4.15. The minimum absolute atomic E-state index is 0.137. The fourth-order valence-corrected chi connectivity index (χ4v) is 4.00. The molecule has 10 heteroatoms. The number of anilines is 1. The van der Waals surface area contributed by atoms with Crippen LogP contribution < -0.4 is 15.8 Å². The fraction of sp³-hybridized carbons (Fsp3) is 0.231. The molecule has 0 fully saturated rings. The van der Waals surface area contributed by atoms with Gasteiger partial charge in [-0.05, 0) is 24.3 Å². The van der Waals surface area contributed by atoms with Crippen LogP contribution in [0.3, 0.4) is 0 Å². The Kier molecular flexibility index (Phi) is 6.68. The number of hydrogen-bond acceptors (Lipinski definition) is 8. The van der Waals surface area contributed by atoms with Crippen LogP contribution in [0.1, 0.15) is 0 Å². The molecular weight excluding hydrogens is 356 g/mol. The summed E-state index contributed by atoms with van der Waals surface area (Å²) in [6, 6.07) is 7.08. The highest BCUT2D eigenvalue weighted by molar-refractivity contribution is 8.03. The molecule has 0 bridgehead atoms. The molecule has 7 nitrogen and oxygen atoms in total. The highest BCUT2D eigenvalue weighted by Gasteiger charge is 2.09. The predicted molar refractivity (Wildman–Crippen MR) is 92.2 cm³/mol. The first-order chi connectivity index (χ1) is 11.1. The third-order valence-electron chi connectivity index (χ3n) is 2.43. The maximum Gasteiger partial charge on any atom is 0.234 e. The topological polar surface area (TPSA) is 107 Å². The summed E-state index contributed by atoms with van der Waals surface area (Å²) >= 11 is 3.85. The predicted octanol–water partition coefficient (Wildman–Crippen LogP) is 1.85. The van der Waals surface area contributed by atoms with Gasteiger partial charge in [0.1, 0.15) is 5.75 Å². The highest BCUT2D eigenvalue weighted by Crippen LogP contribution is 2.28. The van der Waals surface area contributed by atoms with E-state index in [1.54, 1.807) is 31.4 Å². The molecule has 122 valence electrons. The molecule has 2 amide bonds. The molecule has 0 atom stereocenters. The SMILES string of the molecule is COc1ccc(NC(=O)CSc2nnc(SCC(N)=O)s2)cc1. The number of nitrogens with one attached hydrogen (secondary N) is 1. The van der Waals surface area contributed by atoms with Crippen LogP contribution in [0.25, 0.3) is 0 Å². The molecule has 3 N–H and O–H groups in total. The van der Waals surface area contributed by atoms with E-state index < -0.39 is 5.91 Å². The number of hydrogen-bond donors (Lipinski definition) is 2. The maximum absolute atomic E-state index is 11.9. The van der Waals surface area contributed by atoms with E-state index in [9.17, 15) is 9.59 Å². The molecule has 0 aliphatic rings. The van der Waals surface area contributed by atoms with Gasteiger partial charge in [-0.25, -0.2) is 0 Å². The number of carbonyl (C=O) groups is 2. The number of ether oxygens (including phenoxy) is 1. The van der Waals surface area contributed by atoms with Crippen LogP contribution in [0.5, 0.6) is 5.75 Å². The van der Waals surface area contributed by atoms with Gasteiger partial charge in [-0.2, -0.15) is 0 Å². The first kappa shape index (κ1) is 17.6. The van der Waals surface area contributed by atoms with E-state index >= 15 is 0 Å². The largest absolute Gasteiger partial charge is 0.497 e. The number of rotatable bonds is 8. The van der Waals surface area contributed by atoms with Gasteiger partial charge in [0.2, 0.25) is 11.8 Å². The molecule has 0 saturated heterocycles. The molecule has 2 aromatic rings. The van der Waals surface area contributed by atoms with E-state index in [1.165, 1.54) is 34.9 Å². The smallest absolute Gasteiger partial charge is 0.234 e. The lowest BCUT2D eigenvalue weighted by Crippen LogP contribution is -2.13. The van der Waals surface area contributed by atoms with Gasteiger partial charge in [0.15, 0.2) is 8.68 Å². The number of aromatic nitrogens is 2. The molecule has 1 heterocycles. The summed E-state index contributed by atoms with van der Waals surface area (Å²) in [7, 11) is 1.59. The van der Waals surface area contributed by atoms with Crippen molar-refractivity contribution in [2.75, 3.05) is 23.9 Å². The van der Waals surface area contributed by atoms with Gasteiger partial charge in [0.25, 0.3) is 0 Å². The Morgan fingerprint density at radius 3 is 2.35 bits per heavy atom. The lowest BCUT2D eigenvalue weighted by Gasteiger charge is -2.05. The number of carbonyl (C=O) groups excluding carboxylic acids is 2. The van der Waals surface area contributed by atoms with Gasteiger partial charge in [0.05, 0.1) is 18.6 Å². The summed E-state index contributed by atoms with van der Waals surface area (Å²) in [5, 5.41) is 10.7. The van der Waals surface area contributed by atoms with E-state index in [4.69, 9.17) is 10.5 Å². The maximum atomic E-state index is 11.9. The van der Waals surface area contributed by atoms with E-state index in [-0.39, 0.29) is 17.4 Å². The fourth-order valence-electron chi connectivity index (χ4n) is 1.45. The molecule has 0 saturated carbocycles. The number of primary amides is 1. The Morgan fingerprint density at radius 2 is 1.78 bits per heavy atom. The number of amides is 2. The molecule has 2 rings (SSSR count). The summed E-state index contributed by atoms with van der Waals surface area (Å²) < 4.78 is 6.38. The van der Waals surface area contributed by atoms with Gasteiger partial charge >= 0.3 is 0 Å². The molecule has 23 heavy (non-hydrogen) atoms. The standard InChI is InChI=1S/C13H14N4O3S3/c1-20-9-4-2-8(3-5-9)15-11(19)7-22-13-17-16-12(23-13)21-6-10(14)18/h2-5H,6-7H2,1H3,(H2,14,18)(H,15,19). The van der Waals surface area contributed by atoms with Crippen LogP contribution in [0, 0.1) is 0 Å². The number of thioether (sulfide) groups is 2. The zero-order valence-electron chi connectivity index (χ0n) is 12.1. The summed E-state index contributed by atoms with van der Waals surface area (Å²) in [5.74, 6) is 0.575. The second kappa shape index (κ2) is 8.75. The first-order valence-electron chi connectivity index (χ1n) is 6.38. The monoisotopic (exact) mass is 370 g/mol. The van der Waals surface area contributed by atoms with Crippen LogP contribution >= 0.6 is 34.9 Å². The van der Waals surface area contributed by atoms with Crippen molar-refractivity contribution >= 4 is 52.4 Å². The minimum atomic E-state index is -0.404. The Hall–Kier alpha value is -1.78. The van der Waals surface area contributed by atoms with E-state index in [1.807, 2.05) is 0 Å². The zero-order valence-corrected chi connectivity index (χ0v) is 14.6. The molecule has 0 radical (unpaired) electrons. The van der Waals surface area contributed by atoms with Crippen molar-refractivity contribution in [3.05, 3.63) is 24.3 Å². The van der Waals surface area contributed by atoms with Crippen molar-refractivity contribution in [1.82, 2.24) is 10.2 Å². The van der Waals surface area contributed by atoms with Crippen LogP contribution in [0.4, 0.5) is 5.69 Å². The van der Waals surface area contributed by atoms with Gasteiger partial charge in [0, 0.05) is 5.69 Å². The van der Waals surface area contributed by atoms with Crippen LogP contribution in [0.2, 0.25) is 0 Å². The van der Waals surface area contributed by atoms with Crippen molar-refractivity contribution in [2.24, 2.45) is 5.73 Å². The van der Waals surface area contributed by atoms with Crippen molar-refractivity contribution in [2.45, 2.75) is 8.68 Å². The first-order valence-corrected chi connectivity index (χ1v) is 9.17. The lowest BCUT2D eigenvalue weighted by atomic mass is 10.3. The average molecular weight is 370 g/mol. The van der Waals surface area contributed by atoms with Crippen molar-refractivity contribution in [3.63, 3.8) is 0 Å². The van der Waals surface area contributed by atoms with Crippen molar-refractivity contribution in [3.8, 4) is 5.75 Å². The van der Waals surface area contributed by atoms with Crippen LogP contribution in [-0.4, -0.2) is 40.6 Å². The lowest BCUT2D eigenvalue weighted by molar-refractivity contribution is -0.115. The minimum Gasteiger partial charge on any atom is -0.497 e. The number of benzene rings is 1. The third-order valence-corrected chi connectivity index (χ3v) is 5.64. The second-order valence-corrected chi connectivity index (χ2v) is 7.58. The van der Waals surface area contributed by atoms with Gasteiger partial charge < -0.3 is 15.8 Å². The van der Waals surface area contributed by atoms with Gasteiger partial charge in [-0.3, -0.25) is 9.59 Å². The summed E-state index contributed by atoms with van der Waals surface area (Å²) in [5.41, 5.74) is 5.77. The van der Waals surface area contributed by atoms with Crippen molar-refractivity contribution < 1.29 is 14.3 Å². The van der Waals surface area contributed by atoms with E-state index in [2.05, 4.69) is 15.5 Å². The Labute approximate surface area is 145 Å². The average Bonchev–Trinajstić information content (AvgIpc) is 3.00. The normalized spacial score (nSPS) is 10.3. The highest BCUT2D eigenvalue weighted by atomic mass is 32.2.